The molecule has 1 rings (SSSR count). The first-order chi connectivity index (χ1) is 9.11. The molecule has 0 amide bonds. The van der Waals surface area contributed by atoms with Gasteiger partial charge < -0.3 is 19.3 Å². The number of aliphatic hydroxyl groups is 1. The molecular formula is C14H20O5. The number of rotatable bonds is 8. The lowest BCUT2D eigenvalue weighted by Gasteiger charge is -2.10. The molecule has 5 heteroatoms. The zero-order chi connectivity index (χ0) is 14.1. The molecule has 0 radical (unpaired) electrons. The van der Waals surface area contributed by atoms with Crippen molar-refractivity contribution in [2.75, 3.05) is 20.3 Å². The molecule has 0 aliphatic heterocycles. The van der Waals surface area contributed by atoms with Crippen molar-refractivity contribution in [1.82, 2.24) is 0 Å². The summed E-state index contributed by atoms with van der Waals surface area (Å²) in [6.07, 6.45) is -0.247. The van der Waals surface area contributed by atoms with Gasteiger partial charge in [0.05, 0.1) is 19.8 Å². The Morgan fingerprint density at radius 2 is 2.00 bits per heavy atom. The predicted molar refractivity (Wildman–Crippen MR) is 69.9 cm³/mol. The minimum absolute atomic E-state index is 0.0151. The van der Waals surface area contributed by atoms with Crippen LogP contribution >= 0.6 is 0 Å². The molecule has 5 nitrogen and oxygen atoms in total. The molecular weight excluding hydrogens is 248 g/mol. The molecule has 1 aromatic rings. The summed E-state index contributed by atoms with van der Waals surface area (Å²) in [7, 11) is 1.62. The highest BCUT2D eigenvalue weighted by atomic mass is 16.5. The second kappa shape index (κ2) is 8.50. The molecule has 0 unspecified atom stereocenters. The molecule has 0 saturated heterocycles. The highest BCUT2D eigenvalue weighted by Gasteiger charge is 2.06. The van der Waals surface area contributed by atoms with Crippen molar-refractivity contribution < 1.29 is 24.1 Å². The van der Waals surface area contributed by atoms with Crippen LogP contribution in [0.2, 0.25) is 0 Å². The van der Waals surface area contributed by atoms with Gasteiger partial charge in [0, 0.05) is 20.0 Å². The van der Waals surface area contributed by atoms with Crippen molar-refractivity contribution in [2.24, 2.45) is 0 Å². The molecule has 1 atom stereocenters. The van der Waals surface area contributed by atoms with Crippen LogP contribution in [-0.4, -0.2) is 37.5 Å². The molecule has 0 fully saturated rings. The second-order valence-corrected chi connectivity index (χ2v) is 4.15. The molecule has 0 aliphatic carbocycles. The van der Waals surface area contributed by atoms with E-state index in [-0.39, 0.29) is 6.61 Å². The largest absolute Gasteiger partial charge is 0.497 e. The number of hydrogen-bond acceptors (Lipinski definition) is 5. The molecule has 0 spiro atoms. The van der Waals surface area contributed by atoms with E-state index in [9.17, 15) is 9.90 Å². The smallest absolute Gasteiger partial charge is 0.302 e. The molecule has 1 aromatic carbocycles. The van der Waals surface area contributed by atoms with Gasteiger partial charge >= 0.3 is 5.97 Å². The van der Waals surface area contributed by atoms with Gasteiger partial charge in [0.2, 0.25) is 0 Å². The Morgan fingerprint density at radius 1 is 1.32 bits per heavy atom. The standard InChI is InChI=1S/C14H20O5/c1-11(15)19-10-13(16)7-8-18-9-12-3-5-14(17-2)6-4-12/h3-6,13,16H,7-10H2,1-2H3/t13-/m1/s1. The first kappa shape index (κ1) is 15.5. The molecule has 19 heavy (non-hydrogen) atoms. The maximum absolute atomic E-state index is 10.5. The third-order valence-corrected chi connectivity index (χ3v) is 2.50. The normalized spacial score (nSPS) is 11.9. The van der Waals surface area contributed by atoms with E-state index in [0.29, 0.717) is 19.6 Å². The average molecular weight is 268 g/mol. The third kappa shape index (κ3) is 6.79. The highest BCUT2D eigenvalue weighted by Crippen LogP contribution is 2.12. The van der Waals surface area contributed by atoms with Gasteiger partial charge in [0.1, 0.15) is 12.4 Å². The molecule has 0 heterocycles. The molecule has 1 N–H and O–H groups in total. The monoisotopic (exact) mass is 268 g/mol. The summed E-state index contributed by atoms with van der Waals surface area (Å²) in [5, 5.41) is 9.49. The SMILES string of the molecule is COc1ccc(COCC[C@@H](O)COC(C)=O)cc1. The average Bonchev–Trinajstić information content (AvgIpc) is 2.42. The van der Waals surface area contributed by atoms with Crippen molar-refractivity contribution >= 4 is 5.97 Å². The van der Waals surface area contributed by atoms with Crippen LogP contribution in [0, 0.1) is 0 Å². The lowest BCUT2D eigenvalue weighted by Crippen LogP contribution is -2.19. The van der Waals surface area contributed by atoms with Crippen LogP contribution in [0.5, 0.6) is 5.75 Å². The number of hydrogen-bond donors (Lipinski definition) is 1. The van der Waals surface area contributed by atoms with Crippen LogP contribution in [0.25, 0.3) is 0 Å². The fourth-order valence-electron chi connectivity index (χ4n) is 1.43. The van der Waals surface area contributed by atoms with Gasteiger partial charge in [-0.3, -0.25) is 4.79 Å². The Kier molecular flexibility index (Phi) is 6.92. The fraction of sp³-hybridized carbons (Fsp3) is 0.500. The van der Waals surface area contributed by atoms with Crippen LogP contribution in [0.15, 0.2) is 24.3 Å². The van der Waals surface area contributed by atoms with Crippen molar-refractivity contribution in [3.63, 3.8) is 0 Å². The van der Waals surface area contributed by atoms with Crippen LogP contribution in [0.1, 0.15) is 18.9 Å². The van der Waals surface area contributed by atoms with E-state index < -0.39 is 12.1 Å². The van der Waals surface area contributed by atoms with Gasteiger partial charge in [0.15, 0.2) is 0 Å². The Hall–Kier alpha value is -1.59. The van der Waals surface area contributed by atoms with Gasteiger partial charge in [-0.05, 0) is 17.7 Å². The summed E-state index contributed by atoms with van der Waals surface area (Å²) in [6.45, 7) is 2.22. The van der Waals surface area contributed by atoms with Gasteiger partial charge in [-0.15, -0.1) is 0 Å². The predicted octanol–water partition coefficient (Wildman–Crippen LogP) is 1.53. The van der Waals surface area contributed by atoms with Crippen molar-refractivity contribution in [2.45, 2.75) is 26.1 Å². The van der Waals surface area contributed by atoms with E-state index in [2.05, 4.69) is 4.74 Å². The van der Waals surface area contributed by atoms with E-state index >= 15 is 0 Å². The van der Waals surface area contributed by atoms with Crippen molar-refractivity contribution in [3.05, 3.63) is 29.8 Å². The zero-order valence-electron chi connectivity index (χ0n) is 11.3. The summed E-state index contributed by atoms with van der Waals surface area (Å²) in [6, 6.07) is 7.59. The lowest BCUT2D eigenvalue weighted by molar-refractivity contribution is -0.144. The first-order valence-corrected chi connectivity index (χ1v) is 6.14. The Labute approximate surface area is 113 Å². The van der Waals surface area contributed by atoms with Gasteiger partial charge in [-0.25, -0.2) is 0 Å². The first-order valence-electron chi connectivity index (χ1n) is 6.14. The second-order valence-electron chi connectivity index (χ2n) is 4.15. The highest BCUT2D eigenvalue weighted by molar-refractivity contribution is 5.65. The van der Waals surface area contributed by atoms with Gasteiger partial charge in [-0.2, -0.15) is 0 Å². The summed E-state index contributed by atoms with van der Waals surface area (Å²) in [4.78, 5) is 10.5. The number of benzene rings is 1. The number of aliphatic hydroxyl groups excluding tert-OH is 1. The van der Waals surface area contributed by atoms with Crippen molar-refractivity contribution in [1.29, 1.82) is 0 Å². The van der Waals surface area contributed by atoms with Crippen LogP contribution in [-0.2, 0) is 20.9 Å². The quantitative estimate of drug-likeness (QED) is 0.572. The van der Waals surface area contributed by atoms with E-state index in [1.165, 1.54) is 6.92 Å². The molecule has 0 aliphatic rings. The number of ether oxygens (including phenoxy) is 3. The zero-order valence-corrected chi connectivity index (χ0v) is 11.3. The number of carbonyl (C=O) groups excluding carboxylic acids is 1. The van der Waals surface area contributed by atoms with Gasteiger partial charge in [0.25, 0.3) is 0 Å². The Bertz CT molecular complexity index is 374. The van der Waals surface area contributed by atoms with E-state index in [0.717, 1.165) is 11.3 Å². The summed E-state index contributed by atoms with van der Waals surface area (Å²) < 4.78 is 15.2. The van der Waals surface area contributed by atoms with Crippen LogP contribution in [0.3, 0.4) is 0 Å². The molecule has 0 aromatic heterocycles. The molecule has 0 bridgehead atoms. The lowest BCUT2D eigenvalue weighted by atomic mass is 10.2. The van der Waals surface area contributed by atoms with E-state index in [1.54, 1.807) is 7.11 Å². The Morgan fingerprint density at radius 3 is 2.58 bits per heavy atom. The van der Waals surface area contributed by atoms with Gasteiger partial charge in [-0.1, -0.05) is 12.1 Å². The van der Waals surface area contributed by atoms with Crippen LogP contribution in [0.4, 0.5) is 0 Å². The third-order valence-electron chi connectivity index (χ3n) is 2.50. The topological polar surface area (TPSA) is 65.0 Å². The number of carbonyl (C=O) groups is 1. The number of esters is 1. The maximum atomic E-state index is 10.5. The van der Waals surface area contributed by atoms with Crippen LogP contribution < -0.4 is 4.74 Å². The van der Waals surface area contributed by atoms with Crippen molar-refractivity contribution in [3.8, 4) is 5.75 Å². The Balaban J connectivity index is 2.14. The minimum Gasteiger partial charge on any atom is -0.497 e. The van der Waals surface area contributed by atoms with E-state index in [1.807, 2.05) is 24.3 Å². The summed E-state index contributed by atoms with van der Waals surface area (Å²) in [5.41, 5.74) is 1.04. The van der Waals surface area contributed by atoms with E-state index in [4.69, 9.17) is 9.47 Å². The fourth-order valence-corrected chi connectivity index (χ4v) is 1.43. The molecule has 0 saturated carbocycles. The minimum atomic E-state index is -0.681. The summed E-state index contributed by atoms with van der Waals surface area (Å²) >= 11 is 0. The molecule has 106 valence electrons. The number of methoxy groups -OCH3 is 1. The maximum Gasteiger partial charge on any atom is 0.302 e. The summed E-state index contributed by atoms with van der Waals surface area (Å²) in [5.74, 6) is 0.416.